The van der Waals surface area contributed by atoms with Gasteiger partial charge in [0.05, 0.1) is 17.8 Å². The molecule has 0 spiro atoms. The minimum absolute atomic E-state index is 0.0451. The van der Waals surface area contributed by atoms with Crippen LogP contribution in [0.5, 0.6) is 0 Å². The summed E-state index contributed by atoms with van der Waals surface area (Å²) in [5.74, 6) is -0.0451. The van der Waals surface area contributed by atoms with Crippen molar-refractivity contribution in [2.75, 3.05) is 5.32 Å². The molecule has 0 unspecified atom stereocenters. The molecule has 1 N–H and O–H groups in total. The number of aromatic nitrogens is 5. The van der Waals surface area contributed by atoms with Crippen LogP contribution in [-0.4, -0.2) is 31.1 Å². The lowest BCUT2D eigenvalue weighted by molar-refractivity contribution is -0.115. The van der Waals surface area contributed by atoms with Crippen molar-refractivity contribution in [3.05, 3.63) is 46.7 Å². The molecule has 1 aromatic carbocycles. The Hall–Kier alpha value is -2.61. The van der Waals surface area contributed by atoms with Gasteiger partial charge in [-0.1, -0.05) is 12.1 Å². The van der Waals surface area contributed by atoms with E-state index >= 15 is 0 Å². The molecule has 1 aliphatic carbocycles. The number of benzene rings is 1. The molecule has 0 saturated heterocycles. The van der Waals surface area contributed by atoms with Crippen LogP contribution in [0, 0.1) is 0 Å². The Morgan fingerprint density at radius 2 is 2.04 bits per heavy atom. The van der Waals surface area contributed by atoms with Crippen LogP contribution in [0.3, 0.4) is 0 Å². The number of hydrogen-bond acceptors (Lipinski definition) is 6. The van der Waals surface area contributed by atoms with Crippen molar-refractivity contribution in [2.24, 2.45) is 0 Å². The number of nitrogens with one attached hydrogen (secondary N) is 1. The third kappa shape index (κ3) is 3.18. The Balaban J connectivity index is 1.40. The van der Waals surface area contributed by atoms with Crippen molar-refractivity contribution >= 4 is 22.4 Å². The Morgan fingerprint density at radius 1 is 1.21 bits per heavy atom. The van der Waals surface area contributed by atoms with E-state index in [9.17, 15) is 4.79 Å². The number of carbonyl (C=O) groups excluding carboxylic acids is 1. The van der Waals surface area contributed by atoms with Gasteiger partial charge in [0.1, 0.15) is 6.33 Å². The number of aryl methyl sites for hydroxylation is 2. The van der Waals surface area contributed by atoms with Gasteiger partial charge in [-0.15, -0.1) is 16.4 Å². The fourth-order valence-electron chi connectivity index (χ4n) is 2.80. The van der Waals surface area contributed by atoms with Crippen LogP contribution in [0.25, 0.3) is 5.69 Å². The molecule has 0 atom stereocenters. The van der Waals surface area contributed by atoms with Crippen LogP contribution >= 0.6 is 11.3 Å². The van der Waals surface area contributed by atoms with Crippen LogP contribution in [-0.2, 0) is 24.1 Å². The SMILES string of the molecule is O=C(Cc1ccc(-n2cnnn2)cc1)Nc1nc2c(s1)CCCC2. The van der Waals surface area contributed by atoms with E-state index in [4.69, 9.17) is 0 Å². The minimum Gasteiger partial charge on any atom is -0.302 e. The van der Waals surface area contributed by atoms with Crippen LogP contribution in [0.1, 0.15) is 29.0 Å². The lowest BCUT2D eigenvalue weighted by Crippen LogP contribution is -2.14. The Kier molecular flexibility index (Phi) is 4.04. The molecule has 0 aliphatic heterocycles. The average molecular weight is 340 g/mol. The van der Waals surface area contributed by atoms with Crippen molar-refractivity contribution in [2.45, 2.75) is 32.1 Å². The summed E-state index contributed by atoms with van der Waals surface area (Å²) >= 11 is 1.61. The fourth-order valence-corrected chi connectivity index (χ4v) is 3.87. The maximum absolute atomic E-state index is 12.2. The number of anilines is 1. The van der Waals surface area contributed by atoms with Gasteiger partial charge in [0.25, 0.3) is 0 Å². The largest absolute Gasteiger partial charge is 0.302 e. The highest BCUT2D eigenvalue weighted by atomic mass is 32.1. The molecule has 0 bridgehead atoms. The molecule has 7 nitrogen and oxygen atoms in total. The van der Waals surface area contributed by atoms with E-state index in [1.54, 1.807) is 16.0 Å². The van der Waals surface area contributed by atoms with Crippen LogP contribution in [0.2, 0.25) is 0 Å². The van der Waals surface area contributed by atoms with E-state index in [0.29, 0.717) is 6.42 Å². The van der Waals surface area contributed by atoms with Gasteiger partial charge in [-0.05, 0) is 53.8 Å². The van der Waals surface area contributed by atoms with Crippen molar-refractivity contribution < 1.29 is 4.79 Å². The molecule has 1 aliphatic rings. The lowest BCUT2D eigenvalue weighted by atomic mass is 10.0. The Labute approximate surface area is 142 Å². The van der Waals surface area contributed by atoms with E-state index in [-0.39, 0.29) is 5.91 Å². The predicted molar refractivity (Wildman–Crippen MR) is 90.2 cm³/mol. The summed E-state index contributed by atoms with van der Waals surface area (Å²) in [4.78, 5) is 18.1. The van der Waals surface area contributed by atoms with Crippen LogP contribution in [0.15, 0.2) is 30.6 Å². The van der Waals surface area contributed by atoms with Crippen molar-refractivity contribution in [1.82, 2.24) is 25.2 Å². The van der Waals surface area contributed by atoms with E-state index in [0.717, 1.165) is 34.9 Å². The van der Waals surface area contributed by atoms with Gasteiger partial charge in [-0.2, -0.15) is 0 Å². The quantitative estimate of drug-likeness (QED) is 0.787. The zero-order chi connectivity index (χ0) is 16.4. The number of carbonyl (C=O) groups is 1. The normalized spacial score (nSPS) is 13.5. The van der Waals surface area contributed by atoms with Crippen molar-refractivity contribution in [3.63, 3.8) is 0 Å². The molecule has 4 rings (SSSR count). The number of thiazole rings is 1. The summed E-state index contributed by atoms with van der Waals surface area (Å²) < 4.78 is 1.57. The topological polar surface area (TPSA) is 85.6 Å². The fraction of sp³-hybridized carbons (Fsp3) is 0.312. The molecule has 0 radical (unpaired) electrons. The third-order valence-electron chi connectivity index (χ3n) is 4.01. The van der Waals surface area contributed by atoms with Gasteiger partial charge >= 0.3 is 0 Å². The molecule has 122 valence electrons. The smallest absolute Gasteiger partial charge is 0.230 e. The Bertz CT molecular complexity index is 817. The van der Waals surface area contributed by atoms with Crippen LogP contribution in [0.4, 0.5) is 5.13 Å². The van der Waals surface area contributed by atoms with E-state index in [1.165, 1.54) is 24.0 Å². The highest BCUT2D eigenvalue weighted by Gasteiger charge is 2.16. The van der Waals surface area contributed by atoms with Gasteiger partial charge in [-0.3, -0.25) is 4.79 Å². The van der Waals surface area contributed by atoms with Gasteiger partial charge in [0, 0.05) is 4.88 Å². The molecule has 2 heterocycles. The van der Waals surface area contributed by atoms with Gasteiger partial charge in [0.2, 0.25) is 5.91 Å². The molecule has 0 fully saturated rings. The molecule has 3 aromatic rings. The summed E-state index contributed by atoms with van der Waals surface area (Å²) in [6.45, 7) is 0. The maximum atomic E-state index is 12.2. The first-order valence-electron chi connectivity index (χ1n) is 7.89. The number of hydrogen-bond donors (Lipinski definition) is 1. The number of tetrazole rings is 1. The predicted octanol–water partition coefficient (Wildman–Crippen LogP) is 2.18. The average Bonchev–Trinajstić information content (AvgIpc) is 3.24. The van der Waals surface area contributed by atoms with Gasteiger partial charge in [0.15, 0.2) is 5.13 Å². The van der Waals surface area contributed by atoms with Gasteiger partial charge < -0.3 is 5.32 Å². The van der Waals surface area contributed by atoms with E-state index < -0.39 is 0 Å². The standard InChI is InChI=1S/C16H16N6OS/c23-15(19-16-18-13-3-1-2-4-14(13)24-16)9-11-5-7-12(8-6-11)22-10-17-20-21-22/h5-8,10H,1-4,9H2,(H,18,19,23). The first-order valence-corrected chi connectivity index (χ1v) is 8.70. The number of amides is 1. The molecule has 2 aromatic heterocycles. The zero-order valence-electron chi connectivity index (χ0n) is 13.0. The summed E-state index contributed by atoms with van der Waals surface area (Å²) in [6.07, 6.45) is 6.38. The first kappa shape index (κ1) is 14.9. The summed E-state index contributed by atoms with van der Waals surface area (Å²) in [6, 6.07) is 7.59. The zero-order valence-corrected chi connectivity index (χ0v) is 13.8. The maximum Gasteiger partial charge on any atom is 0.230 e. The third-order valence-corrected chi connectivity index (χ3v) is 5.08. The van der Waals surface area contributed by atoms with E-state index in [2.05, 4.69) is 25.8 Å². The molecule has 24 heavy (non-hydrogen) atoms. The highest BCUT2D eigenvalue weighted by Crippen LogP contribution is 2.29. The van der Waals surface area contributed by atoms with Crippen molar-refractivity contribution in [3.8, 4) is 5.69 Å². The molecule has 8 heteroatoms. The van der Waals surface area contributed by atoms with Gasteiger partial charge in [-0.25, -0.2) is 9.67 Å². The number of rotatable bonds is 4. The second kappa shape index (κ2) is 6.48. The summed E-state index contributed by atoms with van der Waals surface area (Å²) in [5.41, 5.74) is 2.95. The lowest BCUT2D eigenvalue weighted by Gasteiger charge is -2.06. The molecule has 0 saturated carbocycles. The second-order valence-electron chi connectivity index (χ2n) is 5.74. The van der Waals surface area contributed by atoms with E-state index in [1.807, 2.05) is 24.3 Å². The molecular formula is C16H16N6OS. The van der Waals surface area contributed by atoms with Crippen molar-refractivity contribution in [1.29, 1.82) is 0 Å². The summed E-state index contributed by atoms with van der Waals surface area (Å²) in [7, 11) is 0. The second-order valence-corrected chi connectivity index (χ2v) is 6.83. The molecular weight excluding hydrogens is 324 g/mol. The summed E-state index contributed by atoms with van der Waals surface area (Å²) in [5, 5.41) is 14.7. The van der Waals surface area contributed by atoms with Crippen LogP contribution < -0.4 is 5.32 Å². The molecule has 1 amide bonds. The first-order chi connectivity index (χ1) is 11.8. The minimum atomic E-state index is -0.0451. The highest BCUT2D eigenvalue weighted by molar-refractivity contribution is 7.15. The number of fused-ring (bicyclic) bond motifs is 1. The monoisotopic (exact) mass is 340 g/mol. The number of nitrogens with zero attached hydrogens (tertiary/aromatic N) is 5. The Morgan fingerprint density at radius 3 is 2.79 bits per heavy atom.